The molecule has 0 aromatic heterocycles. The van der Waals surface area contributed by atoms with Crippen LogP contribution < -0.4 is 0 Å². The van der Waals surface area contributed by atoms with Gasteiger partial charge in [0.1, 0.15) is 0 Å². The average molecular weight is 294 g/mol. The van der Waals surface area contributed by atoms with Gasteiger partial charge in [0.2, 0.25) is 0 Å². The molecule has 1 rings (SSSR count). The number of aliphatic hydroxyl groups is 3. The normalized spacial score (nSPS) is 13.4. The van der Waals surface area contributed by atoms with Gasteiger partial charge in [-0.2, -0.15) is 0 Å². The van der Waals surface area contributed by atoms with Crippen LogP contribution >= 0.6 is 0 Å². The van der Waals surface area contributed by atoms with Gasteiger partial charge in [0.05, 0.1) is 16.8 Å². The Morgan fingerprint density at radius 1 is 0.810 bits per heavy atom. The Bertz CT molecular complexity index is 517. The van der Waals surface area contributed by atoms with E-state index in [-0.39, 0.29) is 5.78 Å². The van der Waals surface area contributed by atoms with Crippen LogP contribution in [0, 0.1) is 0 Å². The molecule has 4 nitrogen and oxygen atoms in total. The molecular formula is C17H26O4. The first-order valence-electron chi connectivity index (χ1n) is 7.03. The van der Waals surface area contributed by atoms with E-state index in [0.29, 0.717) is 22.3 Å². The second-order valence-electron chi connectivity index (χ2n) is 7.18. The van der Waals surface area contributed by atoms with Gasteiger partial charge < -0.3 is 15.3 Å². The zero-order valence-electron chi connectivity index (χ0n) is 13.9. The molecule has 0 saturated heterocycles. The van der Waals surface area contributed by atoms with E-state index in [2.05, 4.69) is 0 Å². The van der Waals surface area contributed by atoms with Crippen LogP contribution in [-0.2, 0) is 16.8 Å². The molecule has 0 spiro atoms. The smallest absolute Gasteiger partial charge is 0.160 e. The molecule has 0 saturated carbocycles. The quantitative estimate of drug-likeness (QED) is 0.746. The van der Waals surface area contributed by atoms with Gasteiger partial charge in [-0.1, -0.05) is 0 Å². The molecule has 4 heteroatoms. The van der Waals surface area contributed by atoms with Crippen LogP contribution in [0.5, 0.6) is 0 Å². The third-order valence-corrected chi connectivity index (χ3v) is 3.52. The van der Waals surface area contributed by atoms with Crippen LogP contribution in [-0.4, -0.2) is 21.1 Å². The number of carbonyl (C=O) groups is 1. The maximum Gasteiger partial charge on any atom is 0.160 e. The maximum atomic E-state index is 12.1. The number of hydrogen-bond donors (Lipinski definition) is 3. The Morgan fingerprint density at radius 2 is 1.14 bits per heavy atom. The summed E-state index contributed by atoms with van der Waals surface area (Å²) >= 11 is 0. The average Bonchev–Trinajstić information content (AvgIpc) is 2.23. The first-order chi connectivity index (χ1) is 9.15. The number of rotatable bonds is 4. The molecule has 1 aromatic carbocycles. The van der Waals surface area contributed by atoms with Crippen LogP contribution in [0.25, 0.3) is 0 Å². The van der Waals surface area contributed by atoms with Gasteiger partial charge in [-0.05, 0) is 77.3 Å². The molecule has 3 N–H and O–H groups in total. The van der Waals surface area contributed by atoms with E-state index in [9.17, 15) is 20.1 Å². The lowest BCUT2D eigenvalue weighted by Gasteiger charge is -2.31. The van der Waals surface area contributed by atoms with Crippen molar-refractivity contribution in [2.45, 2.75) is 65.3 Å². The van der Waals surface area contributed by atoms with E-state index in [0.717, 1.165) is 0 Å². The van der Waals surface area contributed by atoms with Gasteiger partial charge in [-0.15, -0.1) is 0 Å². The summed E-state index contributed by atoms with van der Waals surface area (Å²) in [4.78, 5) is 12.1. The van der Waals surface area contributed by atoms with Gasteiger partial charge in [0.25, 0.3) is 0 Å². The lowest BCUT2D eigenvalue weighted by Crippen LogP contribution is -2.28. The molecule has 0 aliphatic carbocycles. The number of hydrogen-bond acceptors (Lipinski definition) is 4. The summed E-state index contributed by atoms with van der Waals surface area (Å²) in [7, 11) is 0. The summed E-state index contributed by atoms with van der Waals surface area (Å²) in [5.41, 5.74) is -2.00. The van der Waals surface area contributed by atoms with Crippen molar-refractivity contribution in [1.82, 2.24) is 0 Å². The van der Waals surface area contributed by atoms with E-state index < -0.39 is 16.8 Å². The number of ketones is 1. The summed E-state index contributed by atoms with van der Waals surface area (Å²) in [5, 5.41) is 31.0. The summed E-state index contributed by atoms with van der Waals surface area (Å²) in [6.07, 6.45) is 0. The zero-order chi connectivity index (χ0) is 16.8. The van der Waals surface area contributed by atoms with E-state index in [1.165, 1.54) is 6.92 Å². The molecular weight excluding hydrogens is 268 g/mol. The Kier molecular flexibility index (Phi) is 4.41. The van der Waals surface area contributed by atoms with Crippen LogP contribution in [0.3, 0.4) is 0 Å². The lowest BCUT2D eigenvalue weighted by atomic mass is 9.79. The summed E-state index contributed by atoms with van der Waals surface area (Å²) < 4.78 is 0. The van der Waals surface area contributed by atoms with E-state index >= 15 is 0 Å². The van der Waals surface area contributed by atoms with Crippen molar-refractivity contribution in [3.05, 3.63) is 34.4 Å². The minimum absolute atomic E-state index is 0.230. The van der Waals surface area contributed by atoms with Gasteiger partial charge in [-0.25, -0.2) is 0 Å². The molecule has 0 aliphatic heterocycles. The van der Waals surface area contributed by atoms with Crippen LogP contribution in [0.2, 0.25) is 0 Å². The first-order valence-corrected chi connectivity index (χ1v) is 7.03. The number of Topliss-reactive ketones (excluding diaryl/α,β-unsaturated/α-hetero) is 1. The Balaban J connectivity index is 3.89. The Hall–Kier alpha value is -1.23. The predicted molar refractivity (Wildman–Crippen MR) is 82.2 cm³/mol. The minimum atomic E-state index is -1.26. The van der Waals surface area contributed by atoms with Gasteiger partial charge >= 0.3 is 0 Å². The zero-order valence-corrected chi connectivity index (χ0v) is 13.9. The molecule has 0 unspecified atom stereocenters. The predicted octanol–water partition coefficient (Wildman–Crippen LogP) is 2.57. The largest absolute Gasteiger partial charge is 0.386 e. The summed E-state index contributed by atoms with van der Waals surface area (Å²) in [6.45, 7) is 11.0. The Labute approximate surface area is 126 Å². The van der Waals surface area contributed by atoms with Gasteiger partial charge in [-0.3, -0.25) is 4.79 Å². The van der Waals surface area contributed by atoms with Crippen LogP contribution in [0.4, 0.5) is 0 Å². The monoisotopic (exact) mass is 294 g/mol. The highest BCUT2D eigenvalue weighted by atomic mass is 16.3. The topological polar surface area (TPSA) is 77.8 Å². The van der Waals surface area contributed by atoms with Crippen LogP contribution in [0.15, 0.2) is 12.1 Å². The SMILES string of the molecule is CC(=O)c1c(C(C)(C)O)cc(C(C)(C)O)cc1C(C)(C)O. The van der Waals surface area contributed by atoms with Crippen molar-refractivity contribution >= 4 is 5.78 Å². The molecule has 0 aliphatic rings. The third kappa shape index (κ3) is 3.90. The molecule has 0 heterocycles. The molecule has 0 bridgehead atoms. The standard InChI is InChI=1S/C17H26O4/c1-10(18)14-12(16(4,5)20)8-11(15(2,3)19)9-13(14)17(6,7)21/h8-9,19-21H,1-7H3. The summed E-state index contributed by atoms with van der Waals surface area (Å²) in [5.74, 6) is -0.230. The fraction of sp³-hybridized carbons (Fsp3) is 0.588. The highest BCUT2D eigenvalue weighted by molar-refractivity contribution is 5.98. The maximum absolute atomic E-state index is 12.1. The van der Waals surface area contributed by atoms with E-state index in [1.807, 2.05) is 0 Å². The number of carbonyl (C=O) groups excluding carboxylic acids is 1. The second kappa shape index (κ2) is 5.20. The van der Waals surface area contributed by atoms with Crippen molar-refractivity contribution in [3.63, 3.8) is 0 Å². The second-order valence-corrected chi connectivity index (χ2v) is 7.18. The third-order valence-electron chi connectivity index (χ3n) is 3.52. The fourth-order valence-electron chi connectivity index (χ4n) is 2.34. The van der Waals surface area contributed by atoms with E-state index in [1.54, 1.807) is 53.7 Å². The first kappa shape index (κ1) is 17.8. The highest BCUT2D eigenvalue weighted by Crippen LogP contribution is 2.36. The van der Waals surface area contributed by atoms with Gasteiger partial charge in [0, 0.05) is 5.56 Å². The van der Waals surface area contributed by atoms with Crippen molar-refractivity contribution in [1.29, 1.82) is 0 Å². The van der Waals surface area contributed by atoms with Crippen molar-refractivity contribution in [2.24, 2.45) is 0 Å². The van der Waals surface area contributed by atoms with E-state index in [4.69, 9.17) is 0 Å². The minimum Gasteiger partial charge on any atom is -0.386 e. The molecule has 0 atom stereocenters. The van der Waals surface area contributed by atoms with Crippen molar-refractivity contribution in [3.8, 4) is 0 Å². The number of benzene rings is 1. The van der Waals surface area contributed by atoms with Crippen molar-refractivity contribution in [2.75, 3.05) is 0 Å². The molecule has 0 amide bonds. The molecule has 1 aromatic rings. The lowest BCUT2D eigenvalue weighted by molar-refractivity contribution is 0.0619. The summed E-state index contributed by atoms with van der Waals surface area (Å²) in [6, 6.07) is 3.26. The van der Waals surface area contributed by atoms with Crippen molar-refractivity contribution < 1.29 is 20.1 Å². The molecule has 0 fully saturated rings. The molecule has 118 valence electrons. The molecule has 0 radical (unpaired) electrons. The fourth-order valence-corrected chi connectivity index (χ4v) is 2.34. The molecule has 21 heavy (non-hydrogen) atoms. The van der Waals surface area contributed by atoms with Gasteiger partial charge in [0.15, 0.2) is 5.78 Å². The van der Waals surface area contributed by atoms with Crippen LogP contribution in [0.1, 0.15) is 75.5 Å². The highest BCUT2D eigenvalue weighted by Gasteiger charge is 2.32. The Morgan fingerprint density at radius 3 is 1.33 bits per heavy atom.